The van der Waals surface area contributed by atoms with E-state index in [2.05, 4.69) is 23.8 Å². The fourth-order valence-electron chi connectivity index (χ4n) is 1.36. The van der Waals surface area contributed by atoms with Gasteiger partial charge in [-0.15, -0.1) is 6.58 Å². The second-order valence-corrected chi connectivity index (χ2v) is 3.08. The maximum absolute atomic E-state index is 4.42. The van der Waals surface area contributed by atoms with Crippen molar-refractivity contribution in [2.24, 2.45) is 0 Å². The van der Waals surface area contributed by atoms with Crippen LogP contribution >= 0.6 is 0 Å². The van der Waals surface area contributed by atoms with E-state index in [1.54, 1.807) is 0 Å². The Balaban J connectivity index is 2.29. The van der Waals surface area contributed by atoms with E-state index in [1.165, 1.54) is 0 Å². The van der Waals surface area contributed by atoms with E-state index in [-0.39, 0.29) is 0 Å². The number of benzene rings is 1. The largest absolute Gasteiger partial charge is 0.268 e. The van der Waals surface area contributed by atoms with E-state index < -0.39 is 0 Å². The van der Waals surface area contributed by atoms with E-state index in [1.807, 2.05) is 41.2 Å². The van der Waals surface area contributed by atoms with Gasteiger partial charge in [0.1, 0.15) is 0 Å². The molecule has 2 aromatic rings. The zero-order chi connectivity index (χ0) is 9.80. The van der Waals surface area contributed by atoms with E-state index in [9.17, 15) is 0 Å². The number of aromatic nitrogens is 2. The minimum absolute atomic E-state index is 0.757. The first-order valence-corrected chi connectivity index (χ1v) is 4.60. The minimum atomic E-state index is 0.757. The van der Waals surface area contributed by atoms with Crippen molar-refractivity contribution in [2.45, 2.75) is 6.54 Å². The lowest BCUT2D eigenvalue weighted by Crippen LogP contribution is -1.94. The lowest BCUT2D eigenvalue weighted by molar-refractivity contribution is 0.705. The molecule has 0 radical (unpaired) electrons. The SMILES string of the molecule is C=CCn1ccc(-c2ccccc2)n1. The van der Waals surface area contributed by atoms with Gasteiger partial charge in [-0.1, -0.05) is 36.4 Å². The summed E-state index contributed by atoms with van der Waals surface area (Å²) in [5.41, 5.74) is 2.16. The first-order chi connectivity index (χ1) is 6.90. The molecule has 2 heteroatoms. The second-order valence-electron chi connectivity index (χ2n) is 3.08. The summed E-state index contributed by atoms with van der Waals surface area (Å²) in [4.78, 5) is 0. The van der Waals surface area contributed by atoms with Crippen molar-refractivity contribution in [2.75, 3.05) is 0 Å². The average molecular weight is 184 g/mol. The summed E-state index contributed by atoms with van der Waals surface area (Å²) in [6, 6.07) is 12.2. The molecule has 0 bridgehead atoms. The molecule has 0 saturated carbocycles. The average Bonchev–Trinajstić information content (AvgIpc) is 2.68. The standard InChI is InChI=1S/C12H12N2/c1-2-9-14-10-8-12(13-14)11-6-4-3-5-7-11/h2-8,10H,1,9H2. The Morgan fingerprint density at radius 3 is 2.71 bits per heavy atom. The fourth-order valence-corrected chi connectivity index (χ4v) is 1.36. The summed E-state index contributed by atoms with van der Waals surface area (Å²) >= 11 is 0. The van der Waals surface area contributed by atoms with Gasteiger partial charge in [0.2, 0.25) is 0 Å². The molecule has 0 aliphatic carbocycles. The van der Waals surface area contributed by atoms with Crippen LogP contribution in [0.1, 0.15) is 0 Å². The molecule has 1 heterocycles. The van der Waals surface area contributed by atoms with Crippen LogP contribution in [0.3, 0.4) is 0 Å². The van der Waals surface area contributed by atoms with Crippen LogP contribution in [-0.2, 0) is 6.54 Å². The normalized spacial score (nSPS) is 10.0. The predicted octanol–water partition coefficient (Wildman–Crippen LogP) is 2.74. The predicted molar refractivity (Wildman–Crippen MR) is 57.9 cm³/mol. The van der Waals surface area contributed by atoms with Gasteiger partial charge in [0.05, 0.1) is 12.2 Å². The molecule has 1 aromatic heterocycles. The van der Waals surface area contributed by atoms with Crippen molar-refractivity contribution in [1.82, 2.24) is 9.78 Å². The van der Waals surface area contributed by atoms with Crippen molar-refractivity contribution < 1.29 is 0 Å². The molecule has 2 rings (SSSR count). The lowest BCUT2D eigenvalue weighted by atomic mass is 10.2. The van der Waals surface area contributed by atoms with Crippen molar-refractivity contribution in [3.8, 4) is 11.3 Å². The van der Waals surface area contributed by atoms with Crippen LogP contribution in [0.15, 0.2) is 55.3 Å². The van der Waals surface area contributed by atoms with E-state index in [0.717, 1.165) is 17.8 Å². The molecule has 14 heavy (non-hydrogen) atoms. The number of hydrogen-bond donors (Lipinski definition) is 0. The molecule has 0 spiro atoms. The minimum Gasteiger partial charge on any atom is -0.268 e. The Bertz CT molecular complexity index is 415. The summed E-state index contributed by atoms with van der Waals surface area (Å²) in [6.07, 6.45) is 3.80. The second kappa shape index (κ2) is 3.92. The molecule has 0 N–H and O–H groups in total. The third kappa shape index (κ3) is 1.74. The summed E-state index contributed by atoms with van der Waals surface area (Å²) in [5, 5.41) is 4.42. The van der Waals surface area contributed by atoms with Gasteiger partial charge in [0, 0.05) is 11.8 Å². The molecular weight excluding hydrogens is 172 g/mol. The third-order valence-corrected chi connectivity index (χ3v) is 2.03. The monoisotopic (exact) mass is 184 g/mol. The van der Waals surface area contributed by atoms with Crippen LogP contribution in [0, 0.1) is 0 Å². The smallest absolute Gasteiger partial charge is 0.0923 e. The Morgan fingerprint density at radius 1 is 1.21 bits per heavy atom. The quantitative estimate of drug-likeness (QED) is 0.671. The summed E-state index contributed by atoms with van der Waals surface area (Å²) in [6.45, 7) is 4.43. The van der Waals surface area contributed by atoms with E-state index >= 15 is 0 Å². The van der Waals surface area contributed by atoms with Crippen molar-refractivity contribution in [3.63, 3.8) is 0 Å². The molecule has 0 saturated heterocycles. The van der Waals surface area contributed by atoms with Crippen LogP contribution in [0.5, 0.6) is 0 Å². The van der Waals surface area contributed by atoms with Gasteiger partial charge < -0.3 is 0 Å². The van der Waals surface area contributed by atoms with Crippen LogP contribution in [0.25, 0.3) is 11.3 Å². The maximum Gasteiger partial charge on any atom is 0.0923 e. The zero-order valence-corrected chi connectivity index (χ0v) is 7.93. The Labute approximate surface area is 83.5 Å². The molecular formula is C12H12N2. The lowest BCUT2D eigenvalue weighted by Gasteiger charge is -1.95. The van der Waals surface area contributed by atoms with Crippen molar-refractivity contribution >= 4 is 0 Å². The first-order valence-electron chi connectivity index (χ1n) is 4.60. The molecule has 0 aliphatic rings. The number of allylic oxidation sites excluding steroid dienone is 1. The zero-order valence-electron chi connectivity index (χ0n) is 7.93. The highest BCUT2D eigenvalue weighted by Gasteiger charge is 1.99. The molecule has 0 fully saturated rings. The highest BCUT2D eigenvalue weighted by atomic mass is 15.3. The van der Waals surface area contributed by atoms with Crippen LogP contribution in [-0.4, -0.2) is 9.78 Å². The molecule has 2 nitrogen and oxygen atoms in total. The number of rotatable bonds is 3. The Hall–Kier alpha value is -1.83. The van der Waals surface area contributed by atoms with Gasteiger partial charge in [-0.25, -0.2) is 0 Å². The maximum atomic E-state index is 4.42. The van der Waals surface area contributed by atoms with Gasteiger partial charge in [-0.2, -0.15) is 5.10 Å². The fraction of sp³-hybridized carbons (Fsp3) is 0.0833. The van der Waals surface area contributed by atoms with Gasteiger partial charge in [-0.3, -0.25) is 4.68 Å². The molecule has 0 aliphatic heterocycles. The van der Waals surface area contributed by atoms with E-state index in [4.69, 9.17) is 0 Å². The van der Waals surface area contributed by atoms with Crippen LogP contribution in [0.2, 0.25) is 0 Å². The highest BCUT2D eigenvalue weighted by Crippen LogP contribution is 2.15. The van der Waals surface area contributed by atoms with Gasteiger partial charge in [-0.05, 0) is 6.07 Å². The van der Waals surface area contributed by atoms with Gasteiger partial charge in [0.25, 0.3) is 0 Å². The Kier molecular flexibility index (Phi) is 2.45. The molecule has 0 amide bonds. The van der Waals surface area contributed by atoms with Gasteiger partial charge >= 0.3 is 0 Å². The summed E-state index contributed by atoms with van der Waals surface area (Å²) < 4.78 is 1.87. The molecule has 70 valence electrons. The summed E-state index contributed by atoms with van der Waals surface area (Å²) in [5.74, 6) is 0. The van der Waals surface area contributed by atoms with Crippen LogP contribution < -0.4 is 0 Å². The van der Waals surface area contributed by atoms with Crippen molar-refractivity contribution in [1.29, 1.82) is 0 Å². The molecule has 0 unspecified atom stereocenters. The molecule has 1 aromatic carbocycles. The summed E-state index contributed by atoms with van der Waals surface area (Å²) in [7, 11) is 0. The number of hydrogen-bond acceptors (Lipinski definition) is 1. The third-order valence-electron chi connectivity index (χ3n) is 2.03. The Morgan fingerprint density at radius 2 is 2.00 bits per heavy atom. The first kappa shape index (κ1) is 8.75. The molecule has 0 atom stereocenters. The topological polar surface area (TPSA) is 17.8 Å². The van der Waals surface area contributed by atoms with Crippen LogP contribution in [0.4, 0.5) is 0 Å². The van der Waals surface area contributed by atoms with Gasteiger partial charge in [0.15, 0.2) is 0 Å². The number of nitrogens with zero attached hydrogens (tertiary/aromatic N) is 2. The highest BCUT2D eigenvalue weighted by molar-refractivity contribution is 5.57. The van der Waals surface area contributed by atoms with E-state index in [0.29, 0.717) is 0 Å². The van der Waals surface area contributed by atoms with Crippen molar-refractivity contribution in [3.05, 3.63) is 55.3 Å².